The second kappa shape index (κ2) is 26.9. The molecular weight excluding hydrogens is 1060 g/mol. The third kappa shape index (κ3) is 15.1. The number of likely N-dealkylation sites (tertiary alicyclic amines) is 1. The third-order valence-corrected chi connectivity index (χ3v) is 15.4. The maximum absolute atomic E-state index is 14.0. The van der Waals surface area contributed by atoms with Crippen LogP contribution in [0.2, 0.25) is 0 Å². The van der Waals surface area contributed by atoms with Crippen LogP contribution >= 0.6 is 22.7 Å². The molecule has 0 spiro atoms. The minimum Gasteiger partial charge on any atom is -0.508 e. The van der Waals surface area contributed by atoms with E-state index in [1.165, 1.54) is 28.5 Å². The molecule has 1 fully saturated rings. The summed E-state index contributed by atoms with van der Waals surface area (Å²) >= 11 is 2.93. The molecule has 1 saturated heterocycles. The van der Waals surface area contributed by atoms with Gasteiger partial charge in [0.2, 0.25) is 17.7 Å². The van der Waals surface area contributed by atoms with Gasteiger partial charge in [0, 0.05) is 44.6 Å². The fourth-order valence-electron chi connectivity index (χ4n) is 8.97. The van der Waals surface area contributed by atoms with Crippen LogP contribution in [0.5, 0.6) is 17.2 Å². The number of hydrazone groups is 1. The summed E-state index contributed by atoms with van der Waals surface area (Å²) in [7, 11) is 0. The van der Waals surface area contributed by atoms with Gasteiger partial charge in [-0.2, -0.15) is 5.10 Å². The number of nitrogens with one attached hydrogen (secondary N) is 3. The number of fused-ring (bicyclic) bond motifs is 1. The van der Waals surface area contributed by atoms with Gasteiger partial charge >= 0.3 is 0 Å². The van der Waals surface area contributed by atoms with Crippen LogP contribution in [-0.2, 0) is 28.6 Å². The summed E-state index contributed by atoms with van der Waals surface area (Å²) < 4.78 is 23.2. The van der Waals surface area contributed by atoms with Gasteiger partial charge in [-0.05, 0) is 120 Å². The Hall–Kier alpha value is -7.85. The predicted octanol–water partition coefficient (Wildman–Crippen LogP) is 8.21. The SMILES string of the molecule is Cc1ncsc1-c1ccc(C(C)NC(=O)C2CC(O)CN2C(=O)C(NC(=O)COCCOCCOCCOc2ccc(C=NNC(=O)c3ccc(C(=O)c4c(-c5ccc(O)cc5)sc5cc(O)ccc45)cc3)cc2)C(C)(C)C)cc1. The molecule has 0 saturated carbocycles. The van der Waals surface area contributed by atoms with Crippen molar-refractivity contribution in [3.8, 4) is 38.1 Å². The molecule has 8 rings (SSSR count). The zero-order valence-electron chi connectivity index (χ0n) is 45.0. The highest BCUT2D eigenvalue weighted by Gasteiger charge is 2.44. The van der Waals surface area contributed by atoms with Gasteiger partial charge < -0.3 is 49.8 Å². The number of rotatable bonds is 24. The fraction of sp³-hybridized carbons (Fsp3) is 0.317. The number of aromatic nitrogens is 1. The summed E-state index contributed by atoms with van der Waals surface area (Å²) in [6.45, 7) is 10.4. The number of ether oxygens (including phenoxy) is 4. The third-order valence-electron chi connectivity index (χ3n) is 13.2. The van der Waals surface area contributed by atoms with Gasteiger partial charge in [-0.1, -0.05) is 57.2 Å². The number of thiophene rings is 1. The van der Waals surface area contributed by atoms with Crippen LogP contribution in [0.4, 0.5) is 0 Å². The Morgan fingerprint density at radius 3 is 2.06 bits per heavy atom. The predicted molar refractivity (Wildman–Crippen MR) is 306 cm³/mol. The number of thiazole rings is 1. The first-order chi connectivity index (χ1) is 38.4. The number of amides is 4. The van der Waals surface area contributed by atoms with Crippen molar-refractivity contribution in [2.45, 2.75) is 65.3 Å². The highest BCUT2D eigenvalue weighted by Crippen LogP contribution is 2.42. The first kappa shape index (κ1) is 58.3. The Balaban J connectivity index is 0.689. The number of phenols is 2. The van der Waals surface area contributed by atoms with E-state index < -0.39 is 41.3 Å². The largest absolute Gasteiger partial charge is 0.508 e. The van der Waals surface area contributed by atoms with Crippen LogP contribution in [-0.4, -0.2) is 132 Å². The molecule has 3 heterocycles. The normalized spacial score (nSPS) is 15.2. The number of aromatic hydroxyl groups is 2. The summed E-state index contributed by atoms with van der Waals surface area (Å²) in [6, 6.07) is 30.4. The van der Waals surface area contributed by atoms with Crippen molar-refractivity contribution >= 4 is 68.4 Å². The van der Waals surface area contributed by atoms with Crippen molar-refractivity contribution in [2.75, 3.05) is 52.8 Å². The maximum atomic E-state index is 14.0. The summed E-state index contributed by atoms with van der Waals surface area (Å²) in [5.41, 5.74) is 9.06. The number of benzene rings is 5. The Morgan fingerprint density at radius 2 is 1.40 bits per heavy atom. The average Bonchev–Trinajstić information content (AvgIpc) is 4.30. The first-order valence-electron chi connectivity index (χ1n) is 26.0. The zero-order valence-corrected chi connectivity index (χ0v) is 46.6. The molecule has 4 unspecified atom stereocenters. The Kier molecular flexibility index (Phi) is 19.6. The summed E-state index contributed by atoms with van der Waals surface area (Å²) in [6.07, 6.45) is 0.671. The van der Waals surface area contributed by atoms with E-state index in [9.17, 15) is 39.3 Å². The molecule has 0 radical (unpaired) electrons. The van der Waals surface area contributed by atoms with Gasteiger partial charge in [-0.15, -0.1) is 22.7 Å². The van der Waals surface area contributed by atoms with E-state index in [1.54, 1.807) is 102 Å². The van der Waals surface area contributed by atoms with Gasteiger partial charge in [0.25, 0.3) is 5.91 Å². The molecule has 20 heteroatoms. The molecular formula is C60H64N6O12S2. The van der Waals surface area contributed by atoms with Crippen molar-refractivity contribution in [1.29, 1.82) is 0 Å². The van der Waals surface area contributed by atoms with Crippen molar-refractivity contribution in [2.24, 2.45) is 10.5 Å². The number of ketones is 1. The molecule has 0 bridgehead atoms. The second-order valence-corrected chi connectivity index (χ2v) is 22.1. The van der Waals surface area contributed by atoms with Crippen LogP contribution in [0, 0.1) is 12.3 Å². The molecule has 418 valence electrons. The van der Waals surface area contributed by atoms with Crippen molar-refractivity contribution in [3.05, 3.63) is 154 Å². The average molecular weight is 1130 g/mol. The van der Waals surface area contributed by atoms with Crippen LogP contribution in [0.15, 0.2) is 126 Å². The lowest BCUT2D eigenvalue weighted by Gasteiger charge is -2.35. The molecule has 2 aromatic heterocycles. The quantitative estimate of drug-likeness (QED) is 0.0145. The molecule has 80 heavy (non-hydrogen) atoms. The Labute approximate surface area is 471 Å². The number of carbonyl (C=O) groups excluding carboxylic acids is 5. The monoisotopic (exact) mass is 1120 g/mol. The highest BCUT2D eigenvalue weighted by molar-refractivity contribution is 7.22. The van der Waals surface area contributed by atoms with E-state index in [4.69, 9.17) is 18.9 Å². The van der Waals surface area contributed by atoms with Crippen LogP contribution in [0.1, 0.15) is 83.3 Å². The first-order valence-corrected chi connectivity index (χ1v) is 27.7. The van der Waals surface area contributed by atoms with Crippen LogP contribution in [0.25, 0.3) is 31.0 Å². The summed E-state index contributed by atoms with van der Waals surface area (Å²) in [5.74, 6) is -1.28. The fourth-order valence-corrected chi connectivity index (χ4v) is 11.0. The van der Waals surface area contributed by atoms with Crippen molar-refractivity contribution < 1.29 is 58.2 Å². The van der Waals surface area contributed by atoms with Gasteiger partial charge in [0.15, 0.2) is 5.78 Å². The van der Waals surface area contributed by atoms with E-state index in [0.29, 0.717) is 51.5 Å². The van der Waals surface area contributed by atoms with Gasteiger partial charge in [-0.3, -0.25) is 24.0 Å². The van der Waals surface area contributed by atoms with Crippen molar-refractivity contribution in [1.82, 2.24) is 25.9 Å². The number of hydrogen-bond donors (Lipinski definition) is 6. The standard InChI is InChI=1S/C60H64N6O12S2/c1-36(39-8-12-41(13-9-39)54-37(2)61-35-79-54)63-58(73)49-30-46(69)33-66(49)59(74)56(60(3,4)5)64-51(70)34-77-27-26-75-24-25-76-28-29-78-47-21-6-38(7-22-47)32-62-65-57(72)43-14-10-40(11-15-43)53(71)52-48-23-20-45(68)31-50(48)80-55(52)42-16-18-44(67)19-17-42/h6-23,31-32,35-36,46,49,56,67-69H,24-30,33-34H2,1-5H3,(H,63,73)(H,64,70)(H,65,72). The second-order valence-electron chi connectivity index (χ2n) is 20.2. The molecule has 18 nitrogen and oxygen atoms in total. The minimum absolute atomic E-state index is 0.0391. The number of carbonyl (C=O) groups is 5. The molecule has 6 N–H and O–H groups in total. The lowest BCUT2D eigenvalue weighted by Crippen LogP contribution is -2.58. The van der Waals surface area contributed by atoms with Gasteiger partial charge in [-0.25, -0.2) is 10.4 Å². The molecule has 1 aliphatic rings. The van der Waals surface area contributed by atoms with Crippen molar-refractivity contribution in [3.63, 3.8) is 0 Å². The van der Waals surface area contributed by atoms with E-state index in [2.05, 4.69) is 26.1 Å². The number of β-amino-alcohol motifs (C(OH)–C–C–N with tert-alkyl or cyclic N) is 1. The molecule has 4 atom stereocenters. The van der Waals surface area contributed by atoms with Crippen LogP contribution in [0.3, 0.4) is 0 Å². The summed E-state index contributed by atoms with van der Waals surface area (Å²) in [4.78, 5) is 75.0. The lowest BCUT2D eigenvalue weighted by molar-refractivity contribution is -0.144. The van der Waals surface area contributed by atoms with E-state index in [1.807, 2.05) is 58.9 Å². The topological polar surface area (TPSA) is 248 Å². The number of aryl methyl sites for hydroxylation is 1. The molecule has 7 aromatic rings. The number of hydrogen-bond acceptors (Lipinski definition) is 16. The molecule has 1 aliphatic heterocycles. The number of aliphatic hydroxyl groups excluding tert-OH is 1. The zero-order chi connectivity index (χ0) is 56.9. The number of nitrogens with zero attached hydrogens (tertiary/aromatic N) is 3. The van der Waals surface area contributed by atoms with Gasteiger partial charge in [0.05, 0.1) is 67.5 Å². The van der Waals surface area contributed by atoms with E-state index >= 15 is 0 Å². The highest BCUT2D eigenvalue weighted by atomic mass is 32.1. The lowest BCUT2D eigenvalue weighted by atomic mass is 9.85. The molecule has 5 aromatic carbocycles. The number of phenolic OH excluding ortho intramolecular Hbond substituents is 2. The van der Waals surface area contributed by atoms with Gasteiger partial charge in [0.1, 0.15) is 42.5 Å². The molecule has 0 aliphatic carbocycles. The smallest absolute Gasteiger partial charge is 0.271 e. The van der Waals surface area contributed by atoms with E-state index in [0.717, 1.165) is 32.0 Å². The molecule has 4 amide bonds. The van der Waals surface area contributed by atoms with Crippen LogP contribution < -0.4 is 20.8 Å². The number of aliphatic hydroxyl groups is 1. The summed E-state index contributed by atoms with van der Waals surface area (Å²) in [5, 5.41) is 41.1. The van der Waals surface area contributed by atoms with E-state index in [-0.39, 0.29) is 75.2 Å². The Morgan fingerprint density at radius 1 is 0.775 bits per heavy atom. The minimum atomic E-state index is -0.994. The maximum Gasteiger partial charge on any atom is 0.271 e. The Bertz CT molecular complexity index is 3300.